The molecule has 0 heterocycles. The van der Waals surface area contributed by atoms with Gasteiger partial charge in [-0.05, 0) is 31.1 Å². The van der Waals surface area contributed by atoms with Crippen LogP contribution in [0.5, 0.6) is 0 Å². The molecule has 2 aliphatic carbocycles. The van der Waals surface area contributed by atoms with Gasteiger partial charge in [-0.1, -0.05) is 13.8 Å². The first-order valence-corrected chi connectivity index (χ1v) is 4.65. The van der Waals surface area contributed by atoms with Crippen LogP contribution in [0.3, 0.4) is 0 Å². The molecule has 11 heavy (non-hydrogen) atoms. The second-order valence-corrected chi connectivity index (χ2v) is 4.67. The number of Topliss-reactive ketones (excluding diaryl/α,β-unsaturated/α-hetero) is 1. The molecule has 0 amide bonds. The van der Waals surface area contributed by atoms with Crippen molar-refractivity contribution in [3.05, 3.63) is 0 Å². The van der Waals surface area contributed by atoms with E-state index in [1.165, 1.54) is 12.8 Å². The zero-order valence-electron chi connectivity index (χ0n) is 7.39. The summed E-state index contributed by atoms with van der Waals surface area (Å²) in [4.78, 5) is 11.5. The third kappa shape index (κ3) is 0.935. The summed E-state index contributed by atoms with van der Waals surface area (Å²) < 4.78 is 0. The van der Waals surface area contributed by atoms with Gasteiger partial charge in [0.25, 0.3) is 0 Å². The number of hydrogen-bond donors (Lipinski definition) is 0. The zero-order chi connectivity index (χ0) is 8.06. The maximum Gasteiger partial charge on any atom is 0.139 e. The van der Waals surface area contributed by atoms with Crippen molar-refractivity contribution in [3.63, 3.8) is 0 Å². The van der Waals surface area contributed by atoms with Crippen LogP contribution >= 0.6 is 0 Å². The van der Waals surface area contributed by atoms with E-state index >= 15 is 0 Å². The van der Waals surface area contributed by atoms with E-state index in [2.05, 4.69) is 13.8 Å². The second-order valence-electron chi connectivity index (χ2n) is 4.67. The molecule has 2 bridgehead atoms. The first-order chi connectivity index (χ1) is 5.12. The van der Waals surface area contributed by atoms with Gasteiger partial charge in [0.05, 0.1) is 0 Å². The Kier molecular flexibility index (Phi) is 1.39. The fourth-order valence-corrected chi connectivity index (χ4v) is 2.68. The maximum absolute atomic E-state index is 11.5. The first kappa shape index (κ1) is 7.33. The zero-order valence-corrected chi connectivity index (χ0v) is 7.39. The summed E-state index contributed by atoms with van der Waals surface area (Å²) in [6.45, 7) is 4.45. The molecule has 0 radical (unpaired) electrons. The van der Waals surface area contributed by atoms with E-state index in [4.69, 9.17) is 0 Å². The molecule has 2 fully saturated rings. The Morgan fingerprint density at radius 3 is 2.91 bits per heavy atom. The molecule has 3 atom stereocenters. The van der Waals surface area contributed by atoms with Crippen molar-refractivity contribution in [2.45, 2.75) is 39.5 Å². The third-order valence-corrected chi connectivity index (χ3v) is 3.79. The lowest BCUT2D eigenvalue weighted by Crippen LogP contribution is -2.25. The van der Waals surface area contributed by atoms with Crippen molar-refractivity contribution in [1.82, 2.24) is 0 Å². The van der Waals surface area contributed by atoms with Crippen LogP contribution in [0.15, 0.2) is 0 Å². The van der Waals surface area contributed by atoms with Crippen LogP contribution in [-0.2, 0) is 4.79 Å². The van der Waals surface area contributed by atoms with Crippen LogP contribution in [0, 0.1) is 17.3 Å². The fraction of sp³-hybridized carbons (Fsp3) is 0.900. The van der Waals surface area contributed by atoms with Gasteiger partial charge in [-0.3, -0.25) is 4.79 Å². The van der Waals surface area contributed by atoms with E-state index in [0.29, 0.717) is 5.78 Å². The Bertz CT molecular complexity index is 197. The highest BCUT2D eigenvalue weighted by molar-refractivity contribution is 5.87. The highest BCUT2D eigenvalue weighted by Gasteiger charge is 2.47. The van der Waals surface area contributed by atoms with Crippen molar-refractivity contribution in [2.24, 2.45) is 17.3 Å². The molecule has 2 aliphatic rings. The van der Waals surface area contributed by atoms with Gasteiger partial charge in [0.2, 0.25) is 0 Å². The minimum atomic E-state index is 0.0944. The molecular formula is C10H16O. The van der Waals surface area contributed by atoms with Crippen molar-refractivity contribution in [3.8, 4) is 0 Å². The molecule has 0 aromatic rings. The molecule has 0 aromatic carbocycles. The third-order valence-electron chi connectivity index (χ3n) is 3.79. The van der Waals surface area contributed by atoms with Gasteiger partial charge in [0, 0.05) is 11.8 Å². The monoisotopic (exact) mass is 152 g/mol. The molecule has 1 heteroatoms. The van der Waals surface area contributed by atoms with Gasteiger partial charge >= 0.3 is 0 Å². The molecule has 0 N–H and O–H groups in total. The highest BCUT2D eigenvalue weighted by Crippen LogP contribution is 2.50. The van der Waals surface area contributed by atoms with Gasteiger partial charge in [-0.2, -0.15) is 0 Å². The maximum atomic E-state index is 11.5. The van der Waals surface area contributed by atoms with Crippen LogP contribution in [-0.4, -0.2) is 5.78 Å². The van der Waals surface area contributed by atoms with Gasteiger partial charge < -0.3 is 0 Å². The lowest BCUT2D eigenvalue weighted by Gasteiger charge is -2.31. The van der Waals surface area contributed by atoms with Gasteiger partial charge in [-0.25, -0.2) is 0 Å². The first-order valence-electron chi connectivity index (χ1n) is 4.65. The molecular weight excluding hydrogens is 136 g/mol. The molecule has 0 spiro atoms. The topological polar surface area (TPSA) is 17.1 Å². The average molecular weight is 152 g/mol. The number of carbonyl (C=O) groups excluding carboxylic acids is 1. The number of ketones is 1. The van der Waals surface area contributed by atoms with Crippen molar-refractivity contribution in [1.29, 1.82) is 0 Å². The largest absolute Gasteiger partial charge is 0.299 e. The van der Waals surface area contributed by atoms with Gasteiger partial charge in [0.15, 0.2) is 0 Å². The number of hydrogen-bond acceptors (Lipinski definition) is 1. The Labute approximate surface area is 68.2 Å². The van der Waals surface area contributed by atoms with Crippen LogP contribution in [0.2, 0.25) is 0 Å². The van der Waals surface area contributed by atoms with Gasteiger partial charge in [0.1, 0.15) is 5.78 Å². The summed E-state index contributed by atoms with van der Waals surface area (Å²) in [5.74, 6) is 2.06. The van der Waals surface area contributed by atoms with Crippen LogP contribution in [0.1, 0.15) is 39.5 Å². The summed E-state index contributed by atoms with van der Waals surface area (Å²) >= 11 is 0. The number of rotatable bonds is 0. The summed E-state index contributed by atoms with van der Waals surface area (Å²) in [7, 11) is 0. The van der Waals surface area contributed by atoms with Gasteiger partial charge in [-0.15, -0.1) is 0 Å². The molecule has 0 unspecified atom stereocenters. The summed E-state index contributed by atoms with van der Waals surface area (Å²) in [5, 5.41) is 0. The van der Waals surface area contributed by atoms with E-state index in [0.717, 1.165) is 24.7 Å². The Morgan fingerprint density at radius 2 is 2.27 bits per heavy atom. The Morgan fingerprint density at radius 1 is 1.55 bits per heavy atom. The molecule has 2 saturated carbocycles. The standard InChI is InChI=1S/C10H16O/c1-7-3-4-10(2)6-8(7)5-9(10)11/h7-8H,3-6H2,1-2H3/t7-,8-,10+/m1/s1. The second kappa shape index (κ2) is 2.09. The number of carbonyl (C=O) groups is 1. The van der Waals surface area contributed by atoms with E-state index in [1.54, 1.807) is 0 Å². The Hall–Kier alpha value is -0.330. The van der Waals surface area contributed by atoms with E-state index < -0.39 is 0 Å². The van der Waals surface area contributed by atoms with E-state index in [-0.39, 0.29) is 5.41 Å². The molecule has 1 nitrogen and oxygen atoms in total. The lowest BCUT2D eigenvalue weighted by molar-refractivity contribution is -0.125. The molecule has 62 valence electrons. The summed E-state index contributed by atoms with van der Waals surface area (Å²) in [6, 6.07) is 0. The SMILES string of the molecule is C[C@@H]1CC[C@@]2(C)C[C@H]1CC2=O. The minimum Gasteiger partial charge on any atom is -0.299 e. The summed E-state index contributed by atoms with van der Waals surface area (Å²) in [5.41, 5.74) is 0.0944. The van der Waals surface area contributed by atoms with Crippen molar-refractivity contribution < 1.29 is 4.79 Å². The average Bonchev–Trinajstić information content (AvgIpc) is 2.20. The van der Waals surface area contributed by atoms with Crippen molar-refractivity contribution >= 4 is 5.78 Å². The molecule has 0 aromatic heterocycles. The highest BCUT2D eigenvalue weighted by atomic mass is 16.1. The molecule has 0 saturated heterocycles. The molecule has 0 aliphatic heterocycles. The van der Waals surface area contributed by atoms with Crippen LogP contribution < -0.4 is 0 Å². The normalized spacial score (nSPS) is 49.8. The quantitative estimate of drug-likeness (QED) is 0.521. The minimum absolute atomic E-state index is 0.0944. The fourth-order valence-electron chi connectivity index (χ4n) is 2.68. The van der Waals surface area contributed by atoms with Crippen molar-refractivity contribution in [2.75, 3.05) is 0 Å². The van der Waals surface area contributed by atoms with E-state index in [9.17, 15) is 4.79 Å². The predicted molar refractivity (Wildman–Crippen MR) is 44.2 cm³/mol. The van der Waals surface area contributed by atoms with E-state index in [1.807, 2.05) is 0 Å². The van der Waals surface area contributed by atoms with Crippen LogP contribution in [0.25, 0.3) is 0 Å². The smallest absolute Gasteiger partial charge is 0.139 e. The Balaban J connectivity index is 2.24. The molecule has 2 rings (SSSR count). The van der Waals surface area contributed by atoms with Crippen LogP contribution in [0.4, 0.5) is 0 Å². The number of fused-ring (bicyclic) bond motifs is 2. The summed E-state index contributed by atoms with van der Waals surface area (Å²) in [6.07, 6.45) is 4.46. The lowest BCUT2D eigenvalue weighted by atomic mass is 9.73. The predicted octanol–water partition coefficient (Wildman–Crippen LogP) is 2.40.